The van der Waals surface area contributed by atoms with Gasteiger partial charge in [-0.2, -0.15) is 4.98 Å². The number of benzene rings is 1. The largest absolute Gasteiger partial charge is 0.343 e. The molecule has 3 heterocycles. The van der Waals surface area contributed by atoms with Crippen molar-refractivity contribution in [2.45, 2.75) is 18.8 Å². The lowest BCUT2D eigenvalue weighted by Crippen LogP contribution is -2.39. The van der Waals surface area contributed by atoms with Crippen LogP contribution in [-0.2, 0) is 0 Å². The van der Waals surface area contributed by atoms with Crippen LogP contribution in [0.3, 0.4) is 0 Å². The zero-order chi connectivity index (χ0) is 16.4. The number of hydrogen-bond donors (Lipinski definition) is 0. The Labute approximate surface area is 143 Å². The summed E-state index contributed by atoms with van der Waals surface area (Å²) < 4.78 is 4.83. The number of amides is 1. The maximum absolute atomic E-state index is 12.8. The van der Waals surface area contributed by atoms with E-state index >= 15 is 0 Å². The Hall–Kier alpha value is -2.54. The maximum atomic E-state index is 12.8. The normalized spacial score (nSPS) is 17.8. The summed E-state index contributed by atoms with van der Waals surface area (Å²) in [7, 11) is 0. The van der Waals surface area contributed by atoms with E-state index in [-0.39, 0.29) is 11.8 Å². The second-order valence-corrected chi connectivity index (χ2v) is 6.64. The van der Waals surface area contributed by atoms with Crippen molar-refractivity contribution in [3.8, 4) is 10.6 Å². The molecule has 1 aliphatic rings. The highest BCUT2D eigenvalue weighted by Crippen LogP contribution is 2.27. The van der Waals surface area contributed by atoms with Gasteiger partial charge in [-0.15, -0.1) is 11.3 Å². The molecular weight excluding hydrogens is 324 g/mol. The molecule has 3 aromatic rings. The Morgan fingerprint density at radius 1 is 1.29 bits per heavy atom. The van der Waals surface area contributed by atoms with Gasteiger partial charge in [0.15, 0.2) is 5.82 Å². The van der Waals surface area contributed by atoms with Gasteiger partial charge in [-0.1, -0.05) is 35.5 Å². The van der Waals surface area contributed by atoms with Gasteiger partial charge < -0.3 is 9.42 Å². The molecule has 7 heteroatoms. The molecule has 24 heavy (non-hydrogen) atoms. The predicted molar refractivity (Wildman–Crippen MR) is 89.7 cm³/mol. The minimum absolute atomic E-state index is 0.0263. The molecule has 4 rings (SSSR count). The molecule has 1 aliphatic heterocycles. The lowest BCUT2D eigenvalue weighted by molar-refractivity contribution is 0.0698. The van der Waals surface area contributed by atoms with Crippen molar-refractivity contribution < 1.29 is 9.32 Å². The van der Waals surface area contributed by atoms with Gasteiger partial charge >= 0.3 is 0 Å². The van der Waals surface area contributed by atoms with Crippen LogP contribution < -0.4 is 0 Å². The van der Waals surface area contributed by atoms with Gasteiger partial charge in [0.2, 0.25) is 6.39 Å². The number of likely N-dealkylation sites (tertiary alicyclic amines) is 1. The van der Waals surface area contributed by atoms with Crippen molar-refractivity contribution in [2.75, 3.05) is 13.1 Å². The summed E-state index contributed by atoms with van der Waals surface area (Å²) in [6.45, 7) is 1.35. The molecule has 0 bridgehead atoms. The highest BCUT2D eigenvalue weighted by Gasteiger charge is 2.28. The van der Waals surface area contributed by atoms with Crippen LogP contribution in [0.5, 0.6) is 0 Å². The second kappa shape index (κ2) is 6.52. The van der Waals surface area contributed by atoms with E-state index in [0.29, 0.717) is 18.1 Å². The highest BCUT2D eigenvalue weighted by molar-refractivity contribution is 7.13. The average Bonchev–Trinajstić information content (AvgIpc) is 3.34. The standard InChI is InChI=1S/C17H16N4O2S/c22-17(14-10-24-16(19-14)12-5-2-1-3-6-12)21-8-4-7-13(9-21)15-18-11-23-20-15/h1-3,5-6,10-11,13H,4,7-9H2/t13-/m1/s1. The number of aromatic nitrogens is 3. The van der Waals surface area contributed by atoms with Crippen LogP contribution in [0.1, 0.15) is 35.1 Å². The van der Waals surface area contributed by atoms with E-state index in [1.54, 1.807) is 0 Å². The first-order chi connectivity index (χ1) is 11.8. The average molecular weight is 340 g/mol. The van der Waals surface area contributed by atoms with E-state index < -0.39 is 0 Å². The Kier molecular flexibility index (Phi) is 4.08. The van der Waals surface area contributed by atoms with Gasteiger partial charge in [-0.3, -0.25) is 4.79 Å². The van der Waals surface area contributed by atoms with E-state index in [0.717, 1.165) is 30.0 Å². The minimum atomic E-state index is -0.0263. The number of carbonyl (C=O) groups is 1. The molecule has 122 valence electrons. The molecule has 2 aromatic heterocycles. The van der Waals surface area contributed by atoms with E-state index in [2.05, 4.69) is 15.1 Å². The number of hydrogen-bond acceptors (Lipinski definition) is 6. The van der Waals surface area contributed by atoms with Crippen LogP contribution >= 0.6 is 11.3 Å². The molecule has 1 saturated heterocycles. The van der Waals surface area contributed by atoms with Gasteiger partial charge in [-0.05, 0) is 12.8 Å². The molecule has 0 spiro atoms. The van der Waals surface area contributed by atoms with Gasteiger partial charge in [-0.25, -0.2) is 4.98 Å². The summed E-state index contributed by atoms with van der Waals surface area (Å²) in [5.41, 5.74) is 1.54. The van der Waals surface area contributed by atoms with Crippen LogP contribution in [0.4, 0.5) is 0 Å². The molecule has 1 atom stereocenters. The molecule has 0 radical (unpaired) electrons. The fourth-order valence-corrected chi connectivity index (χ4v) is 3.78. The highest BCUT2D eigenvalue weighted by atomic mass is 32.1. The van der Waals surface area contributed by atoms with Crippen LogP contribution in [0.15, 0.2) is 46.6 Å². The Morgan fingerprint density at radius 2 is 2.17 bits per heavy atom. The predicted octanol–water partition coefficient (Wildman–Crippen LogP) is 3.21. The summed E-state index contributed by atoms with van der Waals surface area (Å²) in [4.78, 5) is 23.2. The molecule has 6 nitrogen and oxygen atoms in total. The first kappa shape index (κ1) is 15.0. The molecule has 0 saturated carbocycles. The SMILES string of the molecule is O=C(c1csc(-c2ccccc2)n1)N1CCC[C@@H](c2ncon2)C1. The molecule has 1 amide bonds. The fraction of sp³-hybridized carbons (Fsp3) is 0.294. The van der Waals surface area contributed by atoms with Crippen molar-refractivity contribution in [3.63, 3.8) is 0 Å². The second-order valence-electron chi connectivity index (χ2n) is 5.78. The number of thiazole rings is 1. The van der Waals surface area contributed by atoms with Crippen LogP contribution in [-0.4, -0.2) is 39.0 Å². The van der Waals surface area contributed by atoms with Crippen molar-refractivity contribution >= 4 is 17.2 Å². The maximum Gasteiger partial charge on any atom is 0.273 e. The topological polar surface area (TPSA) is 72.1 Å². The first-order valence-electron chi connectivity index (χ1n) is 7.88. The Morgan fingerprint density at radius 3 is 2.96 bits per heavy atom. The summed E-state index contributed by atoms with van der Waals surface area (Å²) in [6, 6.07) is 9.91. The third kappa shape index (κ3) is 2.94. The molecule has 0 unspecified atom stereocenters. The molecule has 0 N–H and O–H groups in total. The molecule has 1 fully saturated rings. The number of piperidine rings is 1. The molecule has 0 aliphatic carbocycles. The lowest BCUT2D eigenvalue weighted by atomic mass is 9.97. The van der Waals surface area contributed by atoms with Crippen LogP contribution in [0, 0.1) is 0 Å². The zero-order valence-corrected chi connectivity index (χ0v) is 13.8. The number of rotatable bonds is 3. The summed E-state index contributed by atoms with van der Waals surface area (Å²) in [5.74, 6) is 0.783. The van der Waals surface area contributed by atoms with Crippen LogP contribution in [0.2, 0.25) is 0 Å². The summed E-state index contributed by atoms with van der Waals surface area (Å²) >= 11 is 1.50. The Balaban J connectivity index is 1.50. The van der Waals surface area contributed by atoms with Gasteiger partial charge in [0.25, 0.3) is 5.91 Å². The monoisotopic (exact) mass is 340 g/mol. The van der Waals surface area contributed by atoms with Crippen molar-refractivity contribution in [3.05, 3.63) is 53.6 Å². The van der Waals surface area contributed by atoms with Crippen LogP contribution in [0.25, 0.3) is 10.6 Å². The van der Waals surface area contributed by atoms with Gasteiger partial charge in [0.1, 0.15) is 10.7 Å². The third-order valence-corrected chi connectivity index (χ3v) is 5.09. The van der Waals surface area contributed by atoms with Crippen molar-refractivity contribution in [2.24, 2.45) is 0 Å². The third-order valence-electron chi connectivity index (χ3n) is 4.20. The van der Waals surface area contributed by atoms with E-state index in [9.17, 15) is 4.79 Å². The van der Waals surface area contributed by atoms with E-state index in [4.69, 9.17) is 4.52 Å². The van der Waals surface area contributed by atoms with Crippen molar-refractivity contribution in [1.82, 2.24) is 20.0 Å². The zero-order valence-electron chi connectivity index (χ0n) is 13.0. The van der Waals surface area contributed by atoms with E-state index in [1.807, 2.05) is 40.6 Å². The van der Waals surface area contributed by atoms with Gasteiger partial charge in [0, 0.05) is 30.0 Å². The number of nitrogens with zero attached hydrogens (tertiary/aromatic N) is 4. The Bertz CT molecular complexity index is 816. The summed E-state index contributed by atoms with van der Waals surface area (Å²) in [6.07, 6.45) is 3.24. The van der Waals surface area contributed by atoms with Gasteiger partial charge in [0.05, 0.1) is 0 Å². The smallest absolute Gasteiger partial charge is 0.273 e. The summed E-state index contributed by atoms with van der Waals surface area (Å²) in [5, 5.41) is 6.61. The lowest BCUT2D eigenvalue weighted by Gasteiger charge is -2.30. The molecular formula is C17H16N4O2S. The molecule has 1 aromatic carbocycles. The minimum Gasteiger partial charge on any atom is -0.343 e. The van der Waals surface area contributed by atoms with E-state index in [1.165, 1.54) is 17.7 Å². The number of carbonyl (C=O) groups excluding carboxylic acids is 1. The quantitative estimate of drug-likeness (QED) is 0.732. The van der Waals surface area contributed by atoms with Crippen molar-refractivity contribution in [1.29, 1.82) is 0 Å². The fourth-order valence-electron chi connectivity index (χ4n) is 2.98. The first-order valence-corrected chi connectivity index (χ1v) is 8.76.